The number of rotatable bonds is 4. The Morgan fingerprint density at radius 3 is 2.40 bits per heavy atom. The van der Waals surface area contributed by atoms with Crippen molar-refractivity contribution in [2.75, 3.05) is 13.6 Å². The summed E-state index contributed by atoms with van der Waals surface area (Å²) in [5.41, 5.74) is -1.24. The van der Waals surface area contributed by atoms with Crippen LogP contribution in [0, 0.1) is 5.92 Å². The third-order valence-corrected chi connectivity index (χ3v) is 4.27. The molecule has 0 aromatic heterocycles. The minimum Gasteiger partial charge on any atom is -0.480 e. The second-order valence-electron chi connectivity index (χ2n) is 5.68. The van der Waals surface area contributed by atoms with Gasteiger partial charge in [-0.1, -0.05) is 0 Å². The molecule has 0 radical (unpaired) electrons. The van der Waals surface area contributed by atoms with Crippen molar-refractivity contribution in [2.24, 2.45) is 5.92 Å². The maximum absolute atomic E-state index is 12.3. The second kappa shape index (κ2) is 5.30. The van der Waals surface area contributed by atoms with Crippen molar-refractivity contribution in [1.82, 2.24) is 15.5 Å². The number of carbonyl (C=O) groups is 3. The molecule has 0 spiro atoms. The van der Waals surface area contributed by atoms with E-state index in [1.165, 1.54) is 18.9 Å². The molecule has 2 unspecified atom stereocenters. The van der Waals surface area contributed by atoms with Crippen molar-refractivity contribution in [2.45, 2.75) is 44.2 Å². The molecule has 2 fully saturated rings. The number of carboxylic acid groups (broad SMARTS) is 1. The summed E-state index contributed by atoms with van der Waals surface area (Å²) in [7, 11) is 1.53. The minimum atomic E-state index is -1.24. The number of hydrogen-bond acceptors (Lipinski definition) is 3. The van der Waals surface area contributed by atoms with Gasteiger partial charge in [0.15, 0.2) is 0 Å². The van der Waals surface area contributed by atoms with Crippen molar-refractivity contribution in [3.8, 4) is 0 Å². The lowest BCUT2D eigenvalue weighted by Crippen LogP contribution is -2.59. The van der Waals surface area contributed by atoms with Gasteiger partial charge in [-0.3, -0.25) is 4.79 Å². The lowest BCUT2D eigenvalue weighted by molar-refractivity contribution is -0.144. The summed E-state index contributed by atoms with van der Waals surface area (Å²) in [5, 5.41) is 14.5. The molecular formula is C13H21N3O4. The number of nitrogens with zero attached hydrogens (tertiary/aromatic N) is 1. The normalized spacial score (nSPS) is 24.9. The van der Waals surface area contributed by atoms with Crippen LogP contribution in [0.15, 0.2) is 0 Å². The minimum absolute atomic E-state index is 0.0231. The van der Waals surface area contributed by atoms with Crippen molar-refractivity contribution in [1.29, 1.82) is 0 Å². The van der Waals surface area contributed by atoms with Gasteiger partial charge in [-0.2, -0.15) is 0 Å². The largest absolute Gasteiger partial charge is 0.480 e. The number of amides is 3. The van der Waals surface area contributed by atoms with E-state index in [1.54, 1.807) is 0 Å². The molecule has 1 aliphatic carbocycles. The molecule has 2 aliphatic rings. The Hall–Kier alpha value is -1.79. The molecule has 0 aromatic rings. The van der Waals surface area contributed by atoms with Crippen LogP contribution in [-0.4, -0.2) is 53.1 Å². The third-order valence-electron chi connectivity index (χ3n) is 4.27. The molecule has 7 nitrogen and oxygen atoms in total. The van der Waals surface area contributed by atoms with Gasteiger partial charge in [0.25, 0.3) is 0 Å². The highest BCUT2D eigenvalue weighted by molar-refractivity contribution is 5.90. The van der Waals surface area contributed by atoms with Crippen LogP contribution in [0.5, 0.6) is 0 Å². The highest BCUT2D eigenvalue weighted by atomic mass is 16.4. The number of hydrogen-bond donors (Lipinski definition) is 3. The number of carboxylic acids is 1. The van der Waals surface area contributed by atoms with E-state index in [9.17, 15) is 19.5 Å². The van der Waals surface area contributed by atoms with E-state index < -0.39 is 23.6 Å². The van der Waals surface area contributed by atoms with Crippen LogP contribution in [0.4, 0.5) is 4.79 Å². The first kappa shape index (κ1) is 14.6. The van der Waals surface area contributed by atoms with E-state index in [-0.39, 0.29) is 11.8 Å². The molecular weight excluding hydrogens is 262 g/mol. The Bertz CT molecular complexity index is 435. The zero-order valence-corrected chi connectivity index (χ0v) is 11.8. The molecule has 2 rings (SSSR count). The first-order chi connectivity index (χ1) is 9.40. The number of likely N-dealkylation sites (N-methyl/N-ethyl adjacent to an activating group) is 1. The van der Waals surface area contributed by atoms with Crippen LogP contribution in [0.2, 0.25) is 0 Å². The predicted octanol–water partition coefficient (Wildman–Crippen LogP) is 0.160. The molecule has 2 atom stereocenters. The summed E-state index contributed by atoms with van der Waals surface area (Å²) < 4.78 is 0. The maximum atomic E-state index is 12.3. The lowest BCUT2D eigenvalue weighted by Gasteiger charge is -2.31. The van der Waals surface area contributed by atoms with Gasteiger partial charge in [0, 0.05) is 13.6 Å². The summed E-state index contributed by atoms with van der Waals surface area (Å²) >= 11 is 0. The van der Waals surface area contributed by atoms with Crippen LogP contribution in [0.25, 0.3) is 0 Å². The van der Waals surface area contributed by atoms with Gasteiger partial charge in [0.1, 0.15) is 11.6 Å². The Balaban J connectivity index is 2.07. The quantitative estimate of drug-likeness (QED) is 0.684. The molecule has 3 amide bonds. The van der Waals surface area contributed by atoms with Crippen LogP contribution in [0.1, 0.15) is 32.6 Å². The van der Waals surface area contributed by atoms with Crippen LogP contribution < -0.4 is 10.6 Å². The molecule has 1 aliphatic heterocycles. The highest BCUT2D eigenvalue weighted by Gasteiger charge is 2.50. The number of aliphatic carboxylic acids is 1. The van der Waals surface area contributed by atoms with Crippen LogP contribution in [-0.2, 0) is 9.59 Å². The van der Waals surface area contributed by atoms with Gasteiger partial charge in [-0.05, 0) is 38.5 Å². The topological polar surface area (TPSA) is 98.7 Å². The third kappa shape index (κ3) is 2.57. The van der Waals surface area contributed by atoms with Gasteiger partial charge in [0.2, 0.25) is 5.91 Å². The average molecular weight is 283 g/mol. The first-order valence-corrected chi connectivity index (χ1v) is 6.94. The average Bonchev–Trinajstić information content (AvgIpc) is 3.15. The van der Waals surface area contributed by atoms with Gasteiger partial charge in [0.05, 0.1) is 0 Å². The maximum Gasteiger partial charge on any atom is 0.329 e. The summed E-state index contributed by atoms with van der Waals surface area (Å²) in [6.45, 7) is 2.01. The zero-order valence-electron chi connectivity index (χ0n) is 11.8. The smallest absolute Gasteiger partial charge is 0.329 e. The van der Waals surface area contributed by atoms with Crippen LogP contribution >= 0.6 is 0 Å². The standard InChI is InChI=1S/C13H21N3O4/c1-13(11(18)19,8-5-6-8)15-12(20)16-7-3-4-9(16)10(17)14-2/h8-9H,3-7H2,1-2H3,(H,14,17)(H,15,20)(H,18,19). The van der Waals surface area contributed by atoms with E-state index in [1.807, 2.05) is 0 Å². The Kier molecular flexibility index (Phi) is 3.87. The lowest BCUT2D eigenvalue weighted by atomic mass is 9.96. The first-order valence-electron chi connectivity index (χ1n) is 6.94. The molecule has 1 saturated carbocycles. The number of nitrogens with one attached hydrogen (secondary N) is 2. The summed E-state index contributed by atoms with van der Waals surface area (Å²) in [6.07, 6.45) is 2.98. The predicted molar refractivity (Wildman–Crippen MR) is 71.1 cm³/mol. The highest BCUT2D eigenvalue weighted by Crippen LogP contribution is 2.40. The molecule has 20 heavy (non-hydrogen) atoms. The van der Waals surface area contributed by atoms with E-state index >= 15 is 0 Å². The van der Waals surface area contributed by atoms with E-state index in [0.29, 0.717) is 13.0 Å². The molecule has 1 heterocycles. The molecule has 0 aromatic carbocycles. The summed E-state index contributed by atoms with van der Waals surface area (Å²) in [6, 6.07) is -0.967. The Morgan fingerprint density at radius 2 is 1.90 bits per heavy atom. The monoisotopic (exact) mass is 283 g/mol. The number of likely N-dealkylation sites (tertiary alicyclic amines) is 1. The van der Waals surface area contributed by atoms with Crippen LogP contribution in [0.3, 0.4) is 0 Å². The van der Waals surface area contributed by atoms with Gasteiger partial charge < -0.3 is 20.6 Å². The van der Waals surface area contributed by atoms with Crippen molar-refractivity contribution in [3.05, 3.63) is 0 Å². The molecule has 7 heteroatoms. The molecule has 112 valence electrons. The van der Waals surface area contributed by atoms with E-state index in [4.69, 9.17) is 0 Å². The summed E-state index contributed by atoms with van der Waals surface area (Å²) in [5.74, 6) is -1.25. The zero-order chi connectivity index (χ0) is 14.9. The van der Waals surface area contributed by atoms with E-state index in [0.717, 1.165) is 19.3 Å². The SMILES string of the molecule is CNC(=O)C1CCCN1C(=O)NC(C)(C(=O)O)C1CC1. The second-order valence-corrected chi connectivity index (χ2v) is 5.68. The fourth-order valence-electron chi connectivity index (χ4n) is 2.73. The Labute approximate surface area is 117 Å². The number of carbonyl (C=O) groups excluding carboxylic acids is 2. The molecule has 1 saturated heterocycles. The van der Waals surface area contributed by atoms with Crippen molar-refractivity contribution in [3.63, 3.8) is 0 Å². The molecule has 0 bridgehead atoms. The summed E-state index contributed by atoms with van der Waals surface area (Å²) in [4.78, 5) is 36.9. The van der Waals surface area contributed by atoms with Crippen molar-refractivity contribution < 1.29 is 19.5 Å². The van der Waals surface area contributed by atoms with Gasteiger partial charge in [-0.15, -0.1) is 0 Å². The Morgan fingerprint density at radius 1 is 1.25 bits per heavy atom. The van der Waals surface area contributed by atoms with Gasteiger partial charge >= 0.3 is 12.0 Å². The fourth-order valence-corrected chi connectivity index (χ4v) is 2.73. The van der Waals surface area contributed by atoms with E-state index in [2.05, 4.69) is 10.6 Å². The van der Waals surface area contributed by atoms with Gasteiger partial charge in [-0.25, -0.2) is 9.59 Å². The van der Waals surface area contributed by atoms with Crippen molar-refractivity contribution >= 4 is 17.9 Å². The fraction of sp³-hybridized carbons (Fsp3) is 0.769. The molecule has 3 N–H and O–H groups in total. The number of urea groups is 1.